The first kappa shape index (κ1) is 11.6. The van der Waals surface area contributed by atoms with Crippen molar-refractivity contribution in [2.24, 2.45) is 0 Å². The monoisotopic (exact) mass is 209 g/mol. The van der Waals surface area contributed by atoms with E-state index >= 15 is 0 Å². The molecular weight excluding hydrogens is 190 g/mol. The maximum atomic E-state index is 4.22. The Bertz CT molecular complexity index is 296. The van der Waals surface area contributed by atoms with Crippen molar-refractivity contribution in [1.82, 2.24) is 4.90 Å². The predicted octanol–water partition coefficient (Wildman–Crippen LogP) is 2.67. The first-order valence-electron chi connectivity index (χ1n) is 4.99. The minimum absolute atomic E-state index is 0.918. The van der Waals surface area contributed by atoms with E-state index in [-0.39, 0.29) is 0 Å². The molecule has 0 aliphatic heterocycles. The highest BCUT2D eigenvalue weighted by atomic mass is 32.1. The SMILES string of the molecule is Cc1ccc(CN(C)CCS)cc1C. The van der Waals surface area contributed by atoms with Crippen LogP contribution >= 0.6 is 12.6 Å². The van der Waals surface area contributed by atoms with Gasteiger partial charge in [0.25, 0.3) is 0 Å². The first-order valence-corrected chi connectivity index (χ1v) is 5.62. The molecule has 1 nitrogen and oxygen atoms in total. The van der Waals surface area contributed by atoms with Crippen LogP contribution in [0.1, 0.15) is 16.7 Å². The molecule has 14 heavy (non-hydrogen) atoms. The summed E-state index contributed by atoms with van der Waals surface area (Å²) in [7, 11) is 2.13. The van der Waals surface area contributed by atoms with Crippen LogP contribution in [0.3, 0.4) is 0 Å². The molecule has 0 heterocycles. The van der Waals surface area contributed by atoms with E-state index in [0.29, 0.717) is 0 Å². The van der Waals surface area contributed by atoms with Gasteiger partial charge in [0, 0.05) is 18.8 Å². The maximum absolute atomic E-state index is 4.22. The minimum Gasteiger partial charge on any atom is -0.301 e. The molecule has 0 fully saturated rings. The highest BCUT2D eigenvalue weighted by molar-refractivity contribution is 7.80. The second kappa shape index (κ2) is 5.42. The zero-order valence-electron chi connectivity index (χ0n) is 9.25. The lowest BCUT2D eigenvalue weighted by molar-refractivity contribution is 0.349. The number of thiol groups is 1. The van der Waals surface area contributed by atoms with Gasteiger partial charge in [-0.1, -0.05) is 18.2 Å². The molecule has 2 heteroatoms. The van der Waals surface area contributed by atoms with Crippen molar-refractivity contribution in [2.75, 3.05) is 19.3 Å². The van der Waals surface area contributed by atoms with E-state index in [0.717, 1.165) is 18.8 Å². The third-order valence-corrected chi connectivity index (χ3v) is 2.71. The van der Waals surface area contributed by atoms with Crippen LogP contribution in [0.4, 0.5) is 0 Å². The Balaban J connectivity index is 2.63. The van der Waals surface area contributed by atoms with Gasteiger partial charge >= 0.3 is 0 Å². The Morgan fingerprint density at radius 2 is 1.93 bits per heavy atom. The molecule has 0 aliphatic rings. The topological polar surface area (TPSA) is 3.24 Å². The lowest BCUT2D eigenvalue weighted by Crippen LogP contribution is -2.20. The summed E-state index contributed by atoms with van der Waals surface area (Å²) in [4.78, 5) is 2.29. The Kier molecular flexibility index (Phi) is 4.49. The van der Waals surface area contributed by atoms with E-state index in [2.05, 4.69) is 56.6 Å². The Hall–Kier alpha value is -0.470. The Morgan fingerprint density at radius 3 is 2.50 bits per heavy atom. The van der Waals surface area contributed by atoms with Gasteiger partial charge in [-0.2, -0.15) is 12.6 Å². The molecule has 0 saturated heterocycles. The molecular formula is C12H19NS. The fourth-order valence-corrected chi connectivity index (χ4v) is 1.80. The molecule has 0 amide bonds. The first-order chi connectivity index (χ1) is 6.63. The summed E-state index contributed by atoms with van der Waals surface area (Å²) in [6, 6.07) is 6.67. The summed E-state index contributed by atoms with van der Waals surface area (Å²) >= 11 is 4.22. The van der Waals surface area contributed by atoms with Gasteiger partial charge in [-0.3, -0.25) is 0 Å². The maximum Gasteiger partial charge on any atom is 0.0231 e. The van der Waals surface area contributed by atoms with Gasteiger partial charge in [0.1, 0.15) is 0 Å². The quantitative estimate of drug-likeness (QED) is 0.746. The zero-order valence-corrected chi connectivity index (χ0v) is 10.1. The second-order valence-electron chi connectivity index (χ2n) is 3.88. The van der Waals surface area contributed by atoms with Crippen LogP contribution in [0.15, 0.2) is 18.2 Å². The summed E-state index contributed by atoms with van der Waals surface area (Å²) in [5.74, 6) is 0.918. The highest BCUT2D eigenvalue weighted by Crippen LogP contribution is 2.11. The van der Waals surface area contributed by atoms with Crippen LogP contribution in [0.2, 0.25) is 0 Å². The van der Waals surface area contributed by atoms with Crippen molar-refractivity contribution in [1.29, 1.82) is 0 Å². The van der Waals surface area contributed by atoms with Crippen LogP contribution in [-0.4, -0.2) is 24.2 Å². The average Bonchev–Trinajstić information content (AvgIpc) is 2.12. The van der Waals surface area contributed by atoms with Gasteiger partial charge in [-0.15, -0.1) is 0 Å². The summed E-state index contributed by atoms with van der Waals surface area (Å²) in [6.45, 7) is 6.37. The van der Waals surface area contributed by atoms with E-state index in [1.165, 1.54) is 16.7 Å². The van der Waals surface area contributed by atoms with Gasteiger partial charge in [0.05, 0.1) is 0 Å². The van der Waals surface area contributed by atoms with Crippen molar-refractivity contribution in [3.05, 3.63) is 34.9 Å². The van der Waals surface area contributed by atoms with Crippen LogP contribution in [0.5, 0.6) is 0 Å². The van der Waals surface area contributed by atoms with Gasteiger partial charge in [0.15, 0.2) is 0 Å². The molecule has 0 unspecified atom stereocenters. The number of benzene rings is 1. The molecule has 0 radical (unpaired) electrons. The fraction of sp³-hybridized carbons (Fsp3) is 0.500. The van der Waals surface area contributed by atoms with E-state index in [1.807, 2.05) is 0 Å². The number of hydrogen-bond acceptors (Lipinski definition) is 2. The number of aryl methyl sites for hydroxylation is 2. The predicted molar refractivity (Wildman–Crippen MR) is 66.1 cm³/mol. The molecule has 1 aromatic rings. The number of rotatable bonds is 4. The lowest BCUT2D eigenvalue weighted by Gasteiger charge is -2.15. The van der Waals surface area contributed by atoms with Crippen molar-refractivity contribution in [3.8, 4) is 0 Å². The lowest BCUT2D eigenvalue weighted by atomic mass is 10.1. The van der Waals surface area contributed by atoms with Crippen molar-refractivity contribution in [2.45, 2.75) is 20.4 Å². The molecule has 0 atom stereocenters. The van der Waals surface area contributed by atoms with E-state index in [1.54, 1.807) is 0 Å². The molecule has 0 saturated carbocycles. The Morgan fingerprint density at radius 1 is 1.21 bits per heavy atom. The van der Waals surface area contributed by atoms with Crippen LogP contribution in [0, 0.1) is 13.8 Å². The fourth-order valence-electron chi connectivity index (χ4n) is 1.46. The van der Waals surface area contributed by atoms with Gasteiger partial charge < -0.3 is 4.90 Å². The standard InChI is InChI=1S/C12H19NS/c1-10-4-5-12(8-11(10)2)9-13(3)6-7-14/h4-5,8,14H,6-7,9H2,1-3H3. The van der Waals surface area contributed by atoms with Crippen molar-refractivity contribution < 1.29 is 0 Å². The highest BCUT2D eigenvalue weighted by Gasteiger charge is 2.00. The normalized spacial score (nSPS) is 10.9. The average molecular weight is 209 g/mol. The third-order valence-electron chi connectivity index (χ3n) is 2.51. The second-order valence-corrected chi connectivity index (χ2v) is 4.33. The van der Waals surface area contributed by atoms with Crippen LogP contribution in [-0.2, 0) is 6.54 Å². The van der Waals surface area contributed by atoms with E-state index < -0.39 is 0 Å². The molecule has 1 rings (SSSR count). The summed E-state index contributed by atoms with van der Waals surface area (Å²) in [6.07, 6.45) is 0. The zero-order chi connectivity index (χ0) is 10.6. The van der Waals surface area contributed by atoms with Crippen LogP contribution in [0.25, 0.3) is 0 Å². The minimum atomic E-state index is 0.918. The largest absolute Gasteiger partial charge is 0.301 e. The smallest absolute Gasteiger partial charge is 0.0231 e. The van der Waals surface area contributed by atoms with Gasteiger partial charge in [-0.25, -0.2) is 0 Å². The molecule has 0 aliphatic carbocycles. The molecule has 1 aromatic carbocycles. The summed E-state index contributed by atoms with van der Waals surface area (Å²) in [5.41, 5.74) is 4.13. The van der Waals surface area contributed by atoms with Crippen molar-refractivity contribution in [3.63, 3.8) is 0 Å². The molecule has 0 N–H and O–H groups in total. The van der Waals surface area contributed by atoms with E-state index in [4.69, 9.17) is 0 Å². The van der Waals surface area contributed by atoms with E-state index in [9.17, 15) is 0 Å². The third kappa shape index (κ3) is 3.35. The summed E-state index contributed by atoms with van der Waals surface area (Å²) in [5, 5.41) is 0. The number of nitrogens with zero attached hydrogens (tertiary/aromatic N) is 1. The van der Waals surface area contributed by atoms with Crippen LogP contribution < -0.4 is 0 Å². The summed E-state index contributed by atoms with van der Waals surface area (Å²) < 4.78 is 0. The molecule has 78 valence electrons. The molecule has 0 spiro atoms. The number of hydrogen-bond donors (Lipinski definition) is 1. The van der Waals surface area contributed by atoms with Crippen molar-refractivity contribution >= 4 is 12.6 Å². The molecule has 0 bridgehead atoms. The van der Waals surface area contributed by atoms with Gasteiger partial charge in [0.2, 0.25) is 0 Å². The van der Waals surface area contributed by atoms with Gasteiger partial charge in [-0.05, 0) is 37.6 Å². The Labute approximate surface area is 92.5 Å². The molecule has 0 aromatic heterocycles.